The van der Waals surface area contributed by atoms with Gasteiger partial charge in [-0.15, -0.1) is 0 Å². The number of carbonyl (C=O) groups excluding carboxylic acids is 1. The number of morpholine rings is 1. The van der Waals surface area contributed by atoms with Gasteiger partial charge in [0.25, 0.3) is 0 Å². The predicted molar refractivity (Wildman–Crippen MR) is 90.8 cm³/mol. The average Bonchev–Trinajstić information content (AvgIpc) is 2.61. The van der Waals surface area contributed by atoms with E-state index in [1.165, 1.54) is 0 Å². The highest BCUT2D eigenvalue weighted by Crippen LogP contribution is 2.20. The monoisotopic (exact) mass is 321 g/mol. The molecule has 0 saturated carbocycles. The summed E-state index contributed by atoms with van der Waals surface area (Å²) >= 11 is 0. The van der Waals surface area contributed by atoms with Crippen molar-refractivity contribution in [3.63, 3.8) is 0 Å². The molecule has 1 aliphatic heterocycles. The van der Waals surface area contributed by atoms with Gasteiger partial charge in [0.15, 0.2) is 0 Å². The van der Waals surface area contributed by atoms with E-state index in [-0.39, 0.29) is 12.6 Å². The summed E-state index contributed by atoms with van der Waals surface area (Å²) in [5.74, 6) is 0. The quantitative estimate of drug-likeness (QED) is 0.835. The van der Waals surface area contributed by atoms with Crippen molar-refractivity contribution in [3.8, 4) is 0 Å². The first-order chi connectivity index (χ1) is 11.2. The smallest absolute Gasteiger partial charge is 0.317 e. The van der Waals surface area contributed by atoms with Crippen LogP contribution in [0.25, 0.3) is 0 Å². The van der Waals surface area contributed by atoms with Crippen LogP contribution in [0.15, 0.2) is 24.3 Å². The fourth-order valence-corrected chi connectivity index (χ4v) is 2.65. The van der Waals surface area contributed by atoms with E-state index in [1.807, 2.05) is 38.1 Å². The zero-order chi connectivity index (χ0) is 16.7. The molecular formula is C17H27N3O3. The molecule has 1 atom stereocenters. The minimum Gasteiger partial charge on any atom is -0.387 e. The Balaban J connectivity index is 1.87. The van der Waals surface area contributed by atoms with Gasteiger partial charge in [-0.25, -0.2) is 4.79 Å². The Morgan fingerprint density at radius 2 is 1.87 bits per heavy atom. The number of hydrogen-bond acceptors (Lipinski definition) is 4. The van der Waals surface area contributed by atoms with Crippen LogP contribution in [0.4, 0.5) is 10.5 Å². The van der Waals surface area contributed by atoms with Gasteiger partial charge in [0.2, 0.25) is 0 Å². The van der Waals surface area contributed by atoms with Crippen molar-refractivity contribution >= 4 is 11.7 Å². The second kappa shape index (κ2) is 8.74. The molecule has 0 bridgehead atoms. The molecule has 1 aromatic carbocycles. The van der Waals surface area contributed by atoms with E-state index in [2.05, 4.69) is 10.2 Å². The fourth-order valence-electron chi connectivity index (χ4n) is 2.65. The molecule has 128 valence electrons. The zero-order valence-electron chi connectivity index (χ0n) is 14.0. The standard InChI is InChI=1S/C17H27N3O3/c1-3-19(4-2)17(22)18-13-16(21)14-5-7-15(8-6-14)20-9-11-23-12-10-20/h5-8,16,21H,3-4,9-13H2,1-2H3,(H,18,22). The highest BCUT2D eigenvalue weighted by molar-refractivity contribution is 5.74. The molecule has 0 spiro atoms. The summed E-state index contributed by atoms with van der Waals surface area (Å²) in [7, 11) is 0. The van der Waals surface area contributed by atoms with Crippen molar-refractivity contribution in [3.05, 3.63) is 29.8 Å². The lowest BCUT2D eigenvalue weighted by Gasteiger charge is -2.29. The third-order valence-electron chi connectivity index (χ3n) is 4.15. The minimum absolute atomic E-state index is 0.140. The van der Waals surface area contributed by atoms with Gasteiger partial charge >= 0.3 is 6.03 Å². The van der Waals surface area contributed by atoms with Gasteiger partial charge in [-0.2, -0.15) is 0 Å². The molecule has 1 aliphatic rings. The topological polar surface area (TPSA) is 65.0 Å². The molecule has 1 unspecified atom stereocenters. The number of rotatable bonds is 6. The van der Waals surface area contributed by atoms with E-state index in [0.717, 1.165) is 37.6 Å². The molecule has 2 N–H and O–H groups in total. The van der Waals surface area contributed by atoms with Crippen molar-refractivity contribution < 1.29 is 14.6 Å². The zero-order valence-corrected chi connectivity index (χ0v) is 14.0. The van der Waals surface area contributed by atoms with Gasteiger partial charge in [0.05, 0.1) is 19.3 Å². The summed E-state index contributed by atoms with van der Waals surface area (Å²) in [6.07, 6.45) is -0.701. The summed E-state index contributed by atoms with van der Waals surface area (Å²) in [6, 6.07) is 7.71. The third-order valence-corrected chi connectivity index (χ3v) is 4.15. The lowest BCUT2D eigenvalue weighted by Crippen LogP contribution is -2.41. The summed E-state index contributed by atoms with van der Waals surface area (Å²) in [5.41, 5.74) is 1.94. The van der Waals surface area contributed by atoms with E-state index in [0.29, 0.717) is 13.1 Å². The van der Waals surface area contributed by atoms with E-state index in [9.17, 15) is 9.90 Å². The lowest BCUT2D eigenvalue weighted by molar-refractivity contribution is 0.122. The first-order valence-corrected chi connectivity index (χ1v) is 8.29. The average molecular weight is 321 g/mol. The van der Waals surface area contributed by atoms with Crippen molar-refractivity contribution in [2.45, 2.75) is 20.0 Å². The minimum atomic E-state index is -0.701. The van der Waals surface area contributed by atoms with Crippen LogP contribution in [0.2, 0.25) is 0 Å². The Morgan fingerprint density at radius 1 is 1.26 bits per heavy atom. The summed E-state index contributed by atoms with van der Waals surface area (Å²) in [6.45, 7) is 8.69. The Bertz CT molecular complexity index is 482. The lowest BCUT2D eigenvalue weighted by atomic mass is 10.1. The van der Waals surface area contributed by atoms with Gasteiger partial charge in [0, 0.05) is 38.4 Å². The van der Waals surface area contributed by atoms with Gasteiger partial charge < -0.3 is 25.0 Å². The molecule has 0 aliphatic carbocycles. The molecule has 0 aromatic heterocycles. The van der Waals surface area contributed by atoms with Crippen LogP contribution >= 0.6 is 0 Å². The van der Waals surface area contributed by atoms with E-state index >= 15 is 0 Å². The molecule has 6 heteroatoms. The van der Waals surface area contributed by atoms with Crippen LogP contribution < -0.4 is 10.2 Å². The predicted octanol–water partition coefficient (Wildman–Crippen LogP) is 1.61. The van der Waals surface area contributed by atoms with Crippen LogP contribution in [-0.2, 0) is 4.74 Å². The SMILES string of the molecule is CCN(CC)C(=O)NCC(O)c1ccc(N2CCOCC2)cc1. The number of amides is 2. The highest BCUT2D eigenvalue weighted by atomic mass is 16.5. The molecule has 6 nitrogen and oxygen atoms in total. The maximum atomic E-state index is 11.9. The number of benzene rings is 1. The number of nitrogens with zero attached hydrogens (tertiary/aromatic N) is 2. The molecule has 1 heterocycles. The molecule has 1 aromatic rings. The fraction of sp³-hybridized carbons (Fsp3) is 0.588. The normalized spacial score (nSPS) is 16.0. The van der Waals surface area contributed by atoms with Crippen molar-refractivity contribution in [1.29, 1.82) is 0 Å². The third kappa shape index (κ3) is 4.84. The molecule has 0 radical (unpaired) electrons. The Hall–Kier alpha value is -1.79. The van der Waals surface area contributed by atoms with Crippen molar-refractivity contribution in [1.82, 2.24) is 10.2 Å². The van der Waals surface area contributed by atoms with Gasteiger partial charge in [-0.3, -0.25) is 0 Å². The number of aliphatic hydroxyl groups is 1. The summed E-state index contributed by atoms with van der Waals surface area (Å²) in [5, 5.41) is 13.0. The molecule has 1 saturated heterocycles. The van der Waals surface area contributed by atoms with E-state index in [1.54, 1.807) is 4.90 Å². The maximum absolute atomic E-state index is 11.9. The first-order valence-electron chi connectivity index (χ1n) is 8.29. The first kappa shape index (κ1) is 17.6. The number of anilines is 1. The van der Waals surface area contributed by atoms with E-state index < -0.39 is 6.10 Å². The number of hydrogen-bond donors (Lipinski definition) is 2. The van der Waals surface area contributed by atoms with Crippen LogP contribution in [-0.4, -0.2) is 62.0 Å². The largest absolute Gasteiger partial charge is 0.387 e. The summed E-state index contributed by atoms with van der Waals surface area (Å²) in [4.78, 5) is 15.8. The molecule has 1 fully saturated rings. The number of carbonyl (C=O) groups is 1. The molecule has 2 rings (SSSR count). The summed E-state index contributed by atoms with van der Waals surface area (Å²) < 4.78 is 5.35. The van der Waals surface area contributed by atoms with Gasteiger partial charge in [-0.05, 0) is 31.5 Å². The van der Waals surface area contributed by atoms with Gasteiger partial charge in [-0.1, -0.05) is 12.1 Å². The van der Waals surface area contributed by atoms with Crippen LogP contribution in [0.5, 0.6) is 0 Å². The van der Waals surface area contributed by atoms with Crippen molar-refractivity contribution in [2.75, 3.05) is 50.8 Å². The number of nitrogens with one attached hydrogen (secondary N) is 1. The van der Waals surface area contributed by atoms with Crippen molar-refractivity contribution in [2.24, 2.45) is 0 Å². The molecule has 23 heavy (non-hydrogen) atoms. The Kier molecular flexibility index (Phi) is 6.67. The Labute approximate surface area is 138 Å². The molecule has 2 amide bonds. The number of urea groups is 1. The van der Waals surface area contributed by atoms with Gasteiger partial charge in [0.1, 0.15) is 0 Å². The van der Waals surface area contributed by atoms with Crippen LogP contribution in [0.1, 0.15) is 25.5 Å². The maximum Gasteiger partial charge on any atom is 0.317 e. The number of aliphatic hydroxyl groups excluding tert-OH is 1. The number of ether oxygens (including phenoxy) is 1. The highest BCUT2D eigenvalue weighted by Gasteiger charge is 2.14. The second-order valence-electron chi connectivity index (χ2n) is 5.57. The van der Waals surface area contributed by atoms with Crippen LogP contribution in [0, 0.1) is 0 Å². The van der Waals surface area contributed by atoms with Crippen LogP contribution in [0.3, 0.4) is 0 Å². The second-order valence-corrected chi connectivity index (χ2v) is 5.57. The Morgan fingerprint density at radius 3 is 2.43 bits per heavy atom. The van der Waals surface area contributed by atoms with E-state index in [4.69, 9.17) is 4.74 Å². The molecular weight excluding hydrogens is 294 g/mol.